The number of hydrogen-bond acceptors (Lipinski definition) is 4. The van der Waals surface area contributed by atoms with Gasteiger partial charge in [0, 0.05) is 23.4 Å². The van der Waals surface area contributed by atoms with E-state index in [1.54, 1.807) is 31.4 Å². The van der Waals surface area contributed by atoms with Crippen molar-refractivity contribution in [3.05, 3.63) is 53.6 Å². The summed E-state index contributed by atoms with van der Waals surface area (Å²) in [5.41, 5.74) is 7.76. The highest BCUT2D eigenvalue weighted by Gasteiger charge is 2.20. The van der Waals surface area contributed by atoms with Gasteiger partial charge in [-0.1, -0.05) is 18.2 Å². The summed E-state index contributed by atoms with van der Waals surface area (Å²) >= 11 is 0. The summed E-state index contributed by atoms with van der Waals surface area (Å²) in [6.45, 7) is 0.368. The van der Waals surface area contributed by atoms with E-state index < -0.39 is 0 Å². The maximum absolute atomic E-state index is 12.3. The van der Waals surface area contributed by atoms with Crippen LogP contribution in [0.3, 0.4) is 0 Å². The van der Waals surface area contributed by atoms with Crippen molar-refractivity contribution in [3.8, 4) is 11.5 Å². The molecule has 1 aliphatic carbocycles. The third-order valence-corrected chi connectivity index (χ3v) is 4.46. The molecule has 0 aromatic heterocycles. The quantitative estimate of drug-likeness (QED) is 0.789. The fraction of sp³-hybridized carbons (Fsp3) is 0.350. The van der Waals surface area contributed by atoms with Crippen molar-refractivity contribution in [3.63, 3.8) is 0 Å². The van der Waals surface area contributed by atoms with Crippen molar-refractivity contribution >= 4 is 11.6 Å². The fourth-order valence-corrected chi connectivity index (χ4v) is 3.13. The largest absolute Gasteiger partial charge is 0.493 e. The van der Waals surface area contributed by atoms with E-state index in [-0.39, 0.29) is 12.0 Å². The average molecular weight is 340 g/mol. The molecular formula is C20H24N2O3. The molecule has 25 heavy (non-hydrogen) atoms. The van der Waals surface area contributed by atoms with Crippen LogP contribution in [0.15, 0.2) is 42.5 Å². The number of hydrogen-bond donors (Lipinski definition) is 2. The Bertz CT molecular complexity index is 739. The van der Waals surface area contributed by atoms with E-state index in [9.17, 15) is 4.79 Å². The Balaban J connectivity index is 1.73. The SMILES string of the molecule is COc1cccc(CNC(=O)c2cccc(N)c2)c1OC1CCCC1. The Labute approximate surface area is 148 Å². The summed E-state index contributed by atoms with van der Waals surface area (Å²) in [5, 5.41) is 2.93. The predicted octanol–water partition coefficient (Wildman–Crippen LogP) is 3.53. The van der Waals surface area contributed by atoms with Crippen LogP contribution in [0.4, 0.5) is 5.69 Å². The number of methoxy groups -OCH3 is 1. The zero-order valence-corrected chi connectivity index (χ0v) is 14.5. The molecule has 1 aliphatic rings. The number of para-hydroxylation sites is 1. The standard InChI is InChI=1S/C20H24N2O3/c1-24-18-11-5-7-15(19(18)25-17-9-2-3-10-17)13-22-20(23)14-6-4-8-16(21)12-14/h4-8,11-12,17H,2-3,9-10,13,21H2,1H3,(H,22,23). The minimum absolute atomic E-state index is 0.165. The number of amides is 1. The number of carbonyl (C=O) groups is 1. The van der Waals surface area contributed by atoms with Gasteiger partial charge in [0.15, 0.2) is 11.5 Å². The van der Waals surface area contributed by atoms with Gasteiger partial charge in [-0.15, -0.1) is 0 Å². The van der Waals surface area contributed by atoms with Gasteiger partial charge in [-0.3, -0.25) is 4.79 Å². The van der Waals surface area contributed by atoms with Gasteiger partial charge < -0.3 is 20.5 Å². The van der Waals surface area contributed by atoms with Crippen molar-refractivity contribution in [2.75, 3.05) is 12.8 Å². The van der Waals surface area contributed by atoms with E-state index in [4.69, 9.17) is 15.2 Å². The number of nitrogens with two attached hydrogens (primary N) is 1. The summed E-state index contributed by atoms with van der Waals surface area (Å²) in [5.74, 6) is 1.26. The maximum Gasteiger partial charge on any atom is 0.251 e. The van der Waals surface area contributed by atoms with Crippen molar-refractivity contribution < 1.29 is 14.3 Å². The average Bonchev–Trinajstić information content (AvgIpc) is 3.13. The summed E-state index contributed by atoms with van der Waals surface area (Å²) in [6.07, 6.45) is 4.74. The molecule has 5 heteroatoms. The molecule has 0 saturated heterocycles. The van der Waals surface area contributed by atoms with Gasteiger partial charge in [0.1, 0.15) is 0 Å². The fourth-order valence-electron chi connectivity index (χ4n) is 3.13. The Morgan fingerprint density at radius 3 is 2.68 bits per heavy atom. The number of rotatable bonds is 6. The molecule has 0 spiro atoms. The lowest BCUT2D eigenvalue weighted by Gasteiger charge is -2.19. The first-order valence-corrected chi connectivity index (χ1v) is 8.63. The molecule has 0 unspecified atom stereocenters. The minimum Gasteiger partial charge on any atom is -0.493 e. The van der Waals surface area contributed by atoms with Crippen molar-refractivity contribution in [1.29, 1.82) is 0 Å². The molecular weight excluding hydrogens is 316 g/mol. The Kier molecular flexibility index (Phi) is 5.43. The van der Waals surface area contributed by atoms with E-state index in [2.05, 4.69) is 5.32 Å². The smallest absolute Gasteiger partial charge is 0.251 e. The molecule has 1 saturated carbocycles. The number of ether oxygens (including phenoxy) is 2. The zero-order valence-electron chi connectivity index (χ0n) is 14.5. The number of benzene rings is 2. The van der Waals surface area contributed by atoms with Crippen molar-refractivity contribution in [2.24, 2.45) is 0 Å². The van der Waals surface area contributed by atoms with Crippen LogP contribution in [0.2, 0.25) is 0 Å². The highest BCUT2D eigenvalue weighted by atomic mass is 16.5. The molecule has 1 fully saturated rings. The van der Waals surface area contributed by atoms with Crippen molar-refractivity contribution in [2.45, 2.75) is 38.3 Å². The number of carbonyl (C=O) groups excluding carboxylic acids is 1. The van der Waals surface area contributed by atoms with E-state index in [0.29, 0.717) is 23.5 Å². The summed E-state index contributed by atoms with van der Waals surface area (Å²) in [7, 11) is 1.63. The summed E-state index contributed by atoms with van der Waals surface area (Å²) < 4.78 is 11.6. The molecule has 5 nitrogen and oxygen atoms in total. The van der Waals surface area contributed by atoms with Gasteiger partial charge in [0.25, 0.3) is 5.91 Å². The summed E-state index contributed by atoms with van der Waals surface area (Å²) in [4.78, 5) is 12.3. The molecule has 0 radical (unpaired) electrons. The van der Waals surface area contributed by atoms with Crippen LogP contribution in [0.25, 0.3) is 0 Å². The maximum atomic E-state index is 12.3. The molecule has 1 amide bonds. The lowest BCUT2D eigenvalue weighted by Crippen LogP contribution is -2.24. The monoisotopic (exact) mass is 340 g/mol. The third-order valence-electron chi connectivity index (χ3n) is 4.46. The molecule has 0 aliphatic heterocycles. The second-order valence-corrected chi connectivity index (χ2v) is 6.28. The molecule has 2 aromatic carbocycles. The second kappa shape index (κ2) is 7.92. The summed E-state index contributed by atoms with van der Waals surface area (Å²) in [6, 6.07) is 12.7. The molecule has 0 bridgehead atoms. The van der Waals surface area contributed by atoms with E-state index >= 15 is 0 Å². The van der Waals surface area contributed by atoms with Crippen LogP contribution < -0.4 is 20.5 Å². The lowest BCUT2D eigenvalue weighted by molar-refractivity contribution is 0.0950. The van der Waals surface area contributed by atoms with Crippen LogP contribution >= 0.6 is 0 Å². The lowest BCUT2D eigenvalue weighted by atomic mass is 10.1. The van der Waals surface area contributed by atoms with Gasteiger partial charge in [0.05, 0.1) is 13.2 Å². The molecule has 3 rings (SSSR count). The topological polar surface area (TPSA) is 73.6 Å². The molecule has 0 heterocycles. The van der Waals surface area contributed by atoms with E-state index in [1.807, 2.05) is 18.2 Å². The Morgan fingerprint density at radius 2 is 1.96 bits per heavy atom. The molecule has 0 atom stereocenters. The molecule has 3 N–H and O–H groups in total. The minimum atomic E-state index is -0.165. The zero-order chi connectivity index (χ0) is 17.6. The normalized spacial score (nSPS) is 14.3. The number of nitrogen functional groups attached to an aromatic ring is 1. The first kappa shape index (κ1) is 17.1. The number of nitrogens with one attached hydrogen (secondary N) is 1. The molecule has 132 valence electrons. The van der Waals surface area contributed by atoms with Crippen LogP contribution in [-0.4, -0.2) is 19.1 Å². The highest BCUT2D eigenvalue weighted by Crippen LogP contribution is 2.34. The first-order chi connectivity index (χ1) is 12.2. The van der Waals surface area contributed by atoms with E-state index in [0.717, 1.165) is 24.2 Å². The van der Waals surface area contributed by atoms with Gasteiger partial charge in [0.2, 0.25) is 0 Å². The first-order valence-electron chi connectivity index (χ1n) is 8.63. The van der Waals surface area contributed by atoms with Crippen LogP contribution in [0.1, 0.15) is 41.6 Å². The van der Waals surface area contributed by atoms with Gasteiger partial charge in [-0.05, 0) is 49.9 Å². The molecule has 2 aromatic rings. The van der Waals surface area contributed by atoms with Gasteiger partial charge >= 0.3 is 0 Å². The second-order valence-electron chi connectivity index (χ2n) is 6.28. The van der Waals surface area contributed by atoms with Crippen LogP contribution in [0.5, 0.6) is 11.5 Å². The van der Waals surface area contributed by atoms with Crippen LogP contribution in [0, 0.1) is 0 Å². The highest BCUT2D eigenvalue weighted by molar-refractivity contribution is 5.94. The van der Waals surface area contributed by atoms with Gasteiger partial charge in [-0.25, -0.2) is 0 Å². The Morgan fingerprint density at radius 1 is 1.20 bits per heavy atom. The van der Waals surface area contributed by atoms with E-state index in [1.165, 1.54) is 12.8 Å². The predicted molar refractivity (Wildman–Crippen MR) is 97.9 cm³/mol. The third kappa shape index (κ3) is 4.24. The number of anilines is 1. The van der Waals surface area contributed by atoms with Crippen LogP contribution in [-0.2, 0) is 6.54 Å². The Hall–Kier alpha value is -2.69. The van der Waals surface area contributed by atoms with Gasteiger partial charge in [-0.2, -0.15) is 0 Å². The van der Waals surface area contributed by atoms with Crippen molar-refractivity contribution in [1.82, 2.24) is 5.32 Å².